The van der Waals surface area contributed by atoms with E-state index in [2.05, 4.69) is 17.4 Å². The van der Waals surface area contributed by atoms with E-state index in [0.717, 1.165) is 25.0 Å². The fourth-order valence-corrected chi connectivity index (χ4v) is 2.72. The van der Waals surface area contributed by atoms with Crippen molar-refractivity contribution in [2.24, 2.45) is 5.41 Å². The molecule has 0 radical (unpaired) electrons. The van der Waals surface area contributed by atoms with Crippen LogP contribution in [0.25, 0.3) is 0 Å². The Hall–Kier alpha value is -1.56. The van der Waals surface area contributed by atoms with Crippen LogP contribution in [0, 0.1) is 5.41 Å². The first-order valence-electron chi connectivity index (χ1n) is 7.63. The number of likely N-dealkylation sites (tertiary alicyclic amines) is 1. The third kappa shape index (κ3) is 3.56. The van der Waals surface area contributed by atoms with Gasteiger partial charge in [-0.2, -0.15) is 0 Å². The Morgan fingerprint density at radius 1 is 1.62 bits per heavy atom. The Balaban J connectivity index is 1.99. The first kappa shape index (κ1) is 15.8. The van der Waals surface area contributed by atoms with Gasteiger partial charge in [-0.1, -0.05) is 25.9 Å². The van der Waals surface area contributed by atoms with E-state index >= 15 is 0 Å². The van der Waals surface area contributed by atoms with Gasteiger partial charge in [-0.05, 0) is 19.3 Å². The molecule has 1 aliphatic heterocycles. The van der Waals surface area contributed by atoms with Crippen LogP contribution in [0.4, 0.5) is 10.6 Å². The van der Waals surface area contributed by atoms with Gasteiger partial charge >= 0.3 is 6.03 Å². The molecule has 1 aliphatic rings. The third-order valence-corrected chi connectivity index (χ3v) is 4.37. The minimum absolute atomic E-state index is 0.120. The van der Waals surface area contributed by atoms with E-state index in [1.54, 1.807) is 11.0 Å². The van der Waals surface area contributed by atoms with Crippen LogP contribution < -0.4 is 5.32 Å². The molecule has 21 heavy (non-hydrogen) atoms. The summed E-state index contributed by atoms with van der Waals surface area (Å²) in [6.07, 6.45) is 2.75. The highest BCUT2D eigenvalue weighted by Crippen LogP contribution is 2.33. The lowest BCUT2D eigenvalue weighted by Crippen LogP contribution is -2.49. The van der Waals surface area contributed by atoms with E-state index in [1.165, 1.54) is 0 Å². The lowest BCUT2D eigenvalue weighted by Gasteiger charge is -2.41. The lowest BCUT2D eigenvalue weighted by atomic mass is 9.78. The van der Waals surface area contributed by atoms with E-state index in [-0.39, 0.29) is 24.0 Å². The number of anilines is 1. The molecule has 1 unspecified atom stereocenters. The van der Waals surface area contributed by atoms with Crippen molar-refractivity contribution in [3.63, 3.8) is 0 Å². The van der Waals surface area contributed by atoms with Crippen molar-refractivity contribution in [3.05, 3.63) is 11.8 Å². The number of aliphatic hydroxyl groups is 1. The molecule has 2 rings (SSSR count). The highest BCUT2D eigenvalue weighted by atomic mass is 16.5. The van der Waals surface area contributed by atoms with Gasteiger partial charge in [-0.25, -0.2) is 4.79 Å². The summed E-state index contributed by atoms with van der Waals surface area (Å²) in [4.78, 5) is 14.1. The standard InChI is InChI=1S/C15H25N3O3/c1-4-15(10-19)6-5-7-18(9-15)14(20)16-13-8-12(11(2)3)21-17-13/h8,11,19H,4-7,9-10H2,1-3H3,(H,16,17,20). The van der Waals surface area contributed by atoms with Crippen molar-refractivity contribution >= 4 is 11.8 Å². The van der Waals surface area contributed by atoms with Gasteiger partial charge in [0.25, 0.3) is 0 Å². The van der Waals surface area contributed by atoms with E-state index in [4.69, 9.17) is 4.52 Å². The van der Waals surface area contributed by atoms with Crippen molar-refractivity contribution in [2.75, 3.05) is 25.0 Å². The number of carbonyl (C=O) groups is 1. The summed E-state index contributed by atoms with van der Waals surface area (Å²) in [5.74, 6) is 1.43. The average molecular weight is 295 g/mol. The molecule has 2 amide bonds. The summed E-state index contributed by atoms with van der Waals surface area (Å²) in [6.45, 7) is 7.49. The number of aromatic nitrogens is 1. The molecular formula is C15H25N3O3. The summed E-state index contributed by atoms with van der Waals surface area (Å²) < 4.78 is 5.17. The van der Waals surface area contributed by atoms with Crippen molar-refractivity contribution < 1.29 is 14.4 Å². The molecule has 1 aromatic rings. The van der Waals surface area contributed by atoms with Crippen molar-refractivity contribution in [1.29, 1.82) is 0 Å². The fraction of sp³-hybridized carbons (Fsp3) is 0.733. The lowest BCUT2D eigenvalue weighted by molar-refractivity contribution is 0.0468. The molecule has 0 aliphatic carbocycles. The SMILES string of the molecule is CCC1(CO)CCCN(C(=O)Nc2cc(C(C)C)on2)C1. The second-order valence-electron chi connectivity index (χ2n) is 6.24. The zero-order valence-electron chi connectivity index (χ0n) is 13.1. The van der Waals surface area contributed by atoms with Crippen LogP contribution in [0.1, 0.15) is 51.7 Å². The Kier molecular flexibility index (Phi) is 4.88. The molecule has 1 atom stereocenters. The van der Waals surface area contributed by atoms with Crippen LogP contribution in [0.2, 0.25) is 0 Å². The number of piperidine rings is 1. The number of amides is 2. The molecule has 6 heteroatoms. The van der Waals surface area contributed by atoms with Gasteiger partial charge in [-0.3, -0.25) is 5.32 Å². The minimum atomic E-state index is -0.176. The molecule has 0 aromatic carbocycles. The maximum atomic E-state index is 12.3. The van der Waals surface area contributed by atoms with E-state index in [1.807, 2.05) is 13.8 Å². The van der Waals surface area contributed by atoms with E-state index in [0.29, 0.717) is 18.9 Å². The summed E-state index contributed by atoms with van der Waals surface area (Å²) >= 11 is 0. The Bertz CT molecular complexity index is 480. The molecule has 0 bridgehead atoms. The highest BCUT2D eigenvalue weighted by Gasteiger charge is 2.35. The summed E-state index contributed by atoms with van der Waals surface area (Å²) in [5.41, 5.74) is -0.164. The number of hydrogen-bond acceptors (Lipinski definition) is 4. The van der Waals surface area contributed by atoms with Gasteiger partial charge in [0, 0.05) is 30.5 Å². The zero-order chi connectivity index (χ0) is 15.5. The molecule has 2 N–H and O–H groups in total. The smallest absolute Gasteiger partial charge is 0.323 e. The maximum Gasteiger partial charge on any atom is 0.323 e. The fourth-order valence-electron chi connectivity index (χ4n) is 2.72. The van der Waals surface area contributed by atoms with E-state index < -0.39 is 0 Å². The average Bonchev–Trinajstić information content (AvgIpc) is 2.96. The van der Waals surface area contributed by atoms with Crippen LogP contribution in [0.5, 0.6) is 0 Å². The largest absolute Gasteiger partial charge is 0.396 e. The molecule has 2 heterocycles. The summed E-state index contributed by atoms with van der Waals surface area (Å²) in [7, 11) is 0. The van der Waals surface area contributed by atoms with Crippen LogP contribution in [0.3, 0.4) is 0 Å². The quantitative estimate of drug-likeness (QED) is 0.895. The minimum Gasteiger partial charge on any atom is -0.396 e. The molecule has 0 saturated carbocycles. The molecule has 1 aromatic heterocycles. The van der Waals surface area contributed by atoms with Crippen LogP contribution >= 0.6 is 0 Å². The zero-order valence-corrected chi connectivity index (χ0v) is 13.1. The predicted octanol–water partition coefficient (Wildman–Crippen LogP) is 2.81. The number of rotatable bonds is 4. The Morgan fingerprint density at radius 2 is 2.38 bits per heavy atom. The second-order valence-corrected chi connectivity index (χ2v) is 6.24. The number of carbonyl (C=O) groups excluding carboxylic acids is 1. The van der Waals surface area contributed by atoms with Gasteiger partial charge in [0.2, 0.25) is 0 Å². The van der Waals surface area contributed by atoms with Gasteiger partial charge in [-0.15, -0.1) is 0 Å². The maximum absolute atomic E-state index is 12.3. The Labute approximate surface area is 125 Å². The monoisotopic (exact) mass is 295 g/mol. The Morgan fingerprint density at radius 3 is 2.95 bits per heavy atom. The number of hydrogen-bond donors (Lipinski definition) is 2. The number of aliphatic hydroxyl groups excluding tert-OH is 1. The van der Waals surface area contributed by atoms with Crippen molar-refractivity contribution in [2.45, 2.75) is 46.0 Å². The van der Waals surface area contributed by atoms with Gasteiger partial charge in [0.1, 0.15) is 5.76 Å². The van der Waals surface area contributed by atoms with Crippen molar-refractivity contribution in [3.8, 4) is 0 Å². The molecular weight excluding hydrogens is 270 g/mol. The molecule has 6 nitrogen and oxygen atoms in total. The second kappa shape index (κ2) is 6.47. The van der Waals surface area contributed by atoms with Gasteiger partial charge < -0.3 is 14.5 Å². The number of urea groups is 1. The molecule has 1 fully saturated rings. The first-order valence-corrected chi connectivity index (χ1v) is 7.63. The highest BCUT2D eigenvalue weighted by molar-refractivity contribution is 5.88. The predicted molar refractivity (Wildman–Crippen MR) is 80.2 cm³/mol. The normalized spacial score (nSPS) is 22.6. The van der Waals surface area contributed by atoms with Crippen LogP contribution in [-0.4, -0.2) is 40.9 Å². The summed E-state index contributed by atoms with van der Waals surface area (Å²) in [5, 5.41) is 16.2. The van der Waals surface area contributed by atoms with Gasteiger partial charge in [0.05, 0.1) is 6.61 Å². The van der Waals surface area contributed by atoms with Crippen LogP contribution in [0.15, 0.2) is 10.6 Å². The molecule has 118 valence electrons. The molecule has 1 saturated heterocycles. The third-order valence-electron chi connectivity index (χ3n) is 4.37. The van der Waals surface area contributed by atoms with Crippen molar-refractivity contribution in [1.82, 2.24) is 10.1 Å². The topological polar surface area (TPSA) is 78.6 Å². The first-order chi connectivity index (χ1) is 9.99. The molecule has 0 spiro atoms. The number of nitrogens with one attached hydrogen (secondary N) is 1. The van der Waals surface area contributed by atoms with E-state index in [9.17, 15) is 9.90 Å². The van der Waals surface area contributed by atoms with Crippen LogP contribution in [-0.2, 0) is 0 Å². The number of nitrogens with zero attached hydrogens (tertiary/aromatic N) is 2. The van der Waals surface area contributed by atoms with Gasteiger partial charge in [0.15, 0.2) is 5.82 Å². The summed E-state index contributed by atoms with van der Waals surface area (Å²) in [6, 6.07) is 1.58.